The topological polar surface area (TPSA) is 106 Å². The molecule has 0 aliphatic rings. The molecule has 7 nitrogen and oxygen atoms in total. The van der Waals surface area contributed by atoms with Crippen molar-refractivity contribution >= 4 is 11.2 Å². The van der Waals surface area contributed by atoms with Crippen molar-refractivity contribution in [2.45, 2.75) is 13.2 Å². The monoisotopic (exact) mass is 334 g/mol. The highest BCUT2D eigenvalue weighted by molar-refractivity contribution is 5.92. The van der Waals surface area contributed by atoms with Crippen LogP contribution in [0.25, 0.3) is 33.7 Å². The smallest absolute Gasteiger partial charge is 0.178 e. The number of nitrogens with zero attached hydrogens (tertiary/aromatic N) is 4. The Morgan fingerprint density at radius 1 is 1.24 bits per heavy atom. The summed E-state index contributed by atoms with van der Waals surface area (Å²) in [6, 6.07) is 7.80. The molecule has 4 N–H and O–H groups in total. The molecule has 7 heteroatoms. The molecule has 0 aliphatic heterocycles. The van der Waals surface area contributed by atoms with Crippen molar-refractivity contribution in [2.24, 2.45) is 12.8 Å². The summed E-state index contributed by atoms with van der Waals surface area (Å²) in [4.78, 5) is 12.3. The van der Waals surface area contributed by atoms with Gasteiger partial charge in [-0.1, -0.05) is 18.2 Å². The average Bonchev–Trinajstić information content (AvgIpc) is 3.26. The molecule has 0 radical (unpaired) electrons. The SMILES string of the molecule is Cn1cc(-c2nc3nccc(-c4ccc(CN)cc4CO)c3[nH]2)cn1. The van der Waals surface area contributed by atoms with E-state index in [0.717, 1.165) is 33.3 Å². The summed E-state index contributed by atoms with van der Waals surface area (Å²) in [6.07, 6.45) is 5.38. The molecule has 0 atom stereocenters. The molecule has 0 bridgehead atoms. The highest BCUT2D eigenvalue weighted by Crippen LogP contribution is 2.31. The van der Waals surface area contributed by atoms with Crippen molar-refractivity contribution in [3.8, 4) is 22.5 Å². The Labute approximate surface area is 144 Å². The van der Waals surface area contributed by atoms with Crippen molar-refractivity contribution in [1.82, 2.24) is 24.7 Å². The third-order valence-electron chi connectivity index (χ3n) is 4.24. The highest BCUT2D eigenvalue weighted by atomic mass is 16.3. The standard InChI is InChI=1S/C18H18N6O/c1-24-9-13(8-21-24)17-22-16-15(4-5-20-18(16)23-17)14-3-2-11(7-19)6-12(14)10-25/h2-6,8-9,25H,7,10,19H2,1H3,(H,20,22,23). The van der Waals surface area contributed by atoms with E-state index in [4.69, 9.17) is 5.73 Å². The molecule has 0 saturated heterocycles. The Hall–Kier alpha value is -3.03. The van der Waals surface area contributed by atoms with Crippen LogP contribution in [0.3, 0.4) is 0 Å². The largest absolute Gasteiger partial charge is 0.392 e. The van der Waals surface area contributed by atoms with Gasteiger partial charge < -0.3 is 15.8 Å². The van der Waals surface area contributed by atoms with Gasteiger partial charge in [-0.25, -0.2) is 9.97 Å². The Balaban J connectivity index is 1.89. The van der Waals surface area contributed by atoms with Gasteiger partial charge in [0.25, 0.3) is 0 Å². The fourth-order valence-corrected chi connectivity index (χ4v) is 2.98. The number of aliphatic hydroxyl groups is 1. The number of aromatic amines is 1. The number of rotatable bonds is 4. The first-order chi connectivity index (χ1) is 12.2. The van der Waals surface area contributed by atoms with Crippen LogP contribution >= 0.6 is 0 Å². The number of hydrogen-bond donors (Lipinski definition) is 3. The van der Waals surface area contributed by atoms with Crippen LogP contribution in [0, 0.1) is 0 Å². The number of hydrogen-bond acceptors (Lipinski definition) is 5. The lowest BCUT2D eigenvalue weighted by Crippen LogP contribution is -1.99. The molecule has 0 fully saturated rings. The second-order valence-electron chi connectivity index (χ2n) is 5.90. The van der Waals surface area contributed by atoms with Gasteiger partial charge in [-0.2, -0.15) is 5.10 Å². The summed E-state index contributed by atoms with van der Waals surface area (Å²) in [7, 11) is 1.86. The number of pyridine rings is 1. The van der Waals surface area contributed by atoms with Gasteiger partial charge in [0, 0.05) is 31.5 Å². The fourth-order valence-electron chi connectivity index (χ4n) is 2.98. The third-order valence-corrected chi connectivity index (χ3v) is 4.24. The predicted molar refractivity (Wildman–Crippen MR) is 95.3 cm³/mol. The van der Waals surface area contributed by atoms with E-state index in [1.54, 1.807) is 17.1 Å². The number of H-pyrrole nitrogens is 1. The molecule has 25 heavy (non-hydrogen) atoms. The second kappa shape index (κ2) is 6.12. The number of aliphatic hydroxyl groups excluding tert-OH is 1. The molecular formula is C18H18N6O. The van der Waals surface area contributed by atoms with E-state index in [2.05, 4.69) is 20.1 Å². The number of fused-ring (bicyclic) bond motifs is 1. The Kier molecular flexibility index (Phi) is 3.79. The normalized spacial score (nSPS) is 11.3. The summed E-state index contributed by atoms with van der Waals surface area (Å²) in [6.45, 7) is 0.380. The average molecular weight is 334 g/mol. The van der Waals surface area contributed by atoms with Gasteiger partial charge in [0.1, 0.15) is 5.82 Å². The molecule has 4 rings (SSSR count). The van der Waals surface area contributed by atoms with E-state index in [1.807, 2.05) is 37.5 Å². The number of imidazole rings is 1. The van der Waals surface area contributed by atoms with Crippen molar-refractivity contribution in [2.75, 3.05) is 0 Å². The van der Waals surface area contributed by atoms with Crippen LogP contribution in [0.4, 0.5) is 0 Å². The molecule has 0 unspecified atom stereocenters. The van der Waals surface area contributed by atoms with Crippen LogP contribution in [0.2, 0.25) is 0 Å². The lowest BCUT2D eigenvalue weighted by molar-refractivity contribution is 0.282. The molecule has 0 aliphatic carbocycles. The first kappa shape index (κ1) is 15.5. The molecule has 3 aromatic heterocycles. The van der Waals surface area contributed by atoms with Crippen LogP contribution in [0.5, 0.6) is 0 Å². The van der Waals surface area contributed by atoms with Gasteiger partial charge in [0.15, 0.2) is 5.65 Å². The number of nitrogens with one attached hydrogen (secondary N) is 1. The second-order valence-corrected chi connectivity index (χ2v) is 5.90. The lowest BCUT2D eigenvalue weighted by Gasteiger charge is -2.10. The Morgan fingerprint density at radius 3 is 2.84 bits per heavy atom. The first-order valence-corrected chi connectivity index (χ1v) is 7.96. The van der Waals surface area contributed by atoms with Crippen LogP contribution in [0.15, 0.2) is 42.9 Å². The molecule has 4 aromatic rings. The van der Waals surface area contributed by atoms with Crippen molar-refractivity contribution in [3.05, 3.63) is 54.0 Å². The van der Waals surface area contributed by atoms with E-state index in [0.29, 0.717) is 18.0 Å². The van der Waals surface area contributed by atoms with E-state index < -0.39 is 0 Å². The first-order valence-electron chi connectivity index (χ1n) is 7.96. The summed E-state index contributed by atoms with van der Waals surface area (Å²) in [5.74, 6) is 0.715. The zero-order chi connectivity index (χ0) is 17.4. The fraction of sp³-hybridized carbons (Fsp3) is 0.167. The van der Waals surface area contributed by atoms with E-state index in [-0.39, 0.29) is 6.61 Å². The van der Waals surface area contributed by atoms with E-state index in [1.165, 1.54) is 0 Å². The summed E-state index contributed by atoms with van der Waals surface area (Å²) >= 11 is 0. The zero-order valence-electron chi connectivity index (χ0n) is 13.8. The number of aryl methyl sites for hydroxylation is 1. The molecule has 126 valence electrons. The van der Waals surface area contributed by atoms with Crippen molar-refractivity contribution < 1.29 is 5.11 Å². The van der Waals surface area contributed by atoms with Crippen LogP contribution in [-0.2, 0) is 20.2 Å². The summed E-state index contributed by atoms with van der Waals surface area (Å²) in [5, 5.41) is 13.9. The molecular weight excluding hydrogens is 316 g/mol. The summed E-state index contributed by atoms with van der Waals surface area (Å²) in [5.41, 5.74) is 11.8. The molecule has 0 amide bonds. The molecule has 3 heterocycles. The van der Waals surface area contributed by atoms with E-state index in [9.17, 15) is 5.11 Å². The number of nitrogens with two attached hydrogens (primary N) is 1. The van der Waals surface area contributed by atoms with Crippen LogP contribution in [0.1, 0.15) is 11.1 Å². The maximum absolute atomic E-state index is 9.76. The minimum atomic E-state index is -0.0589. The van der Waals surface area contributed by atoms with Gasteiger partial charge >= 0.3 is 0 Å². The molecule has 1 aromatic carbocycles. The quantitative estimate of drug-likeness (QED) is 0.529. The molecule has 0 spiro atoms. The van der Waals surface area contributed by atoms with Crippen molar-refractivity contribution in [3.63, 3.8) is 0 Å². The minimum absolute atomic E-state index is 0.0589. The third kappa shape index (κ3) is 2.69. The summed E-state index contributed by atoms with van der Waals surface area (Å²) < 4.78 is 1.73. The number of benzene rings is 1. The van der Waals surface area contributed by atoms with Crippen molar-refractivity contribution in [1.29, 1.82) is 0 Å². The van der Waals surface area contributed by atoms with Crippen LogP contribution in [-0.4, -0.2) is 29.8 Å². The number of aromatic nitrogens is 5. The minimum Gasteiger partial charge on any atom is -0.392 e. The maximum Gasteiger partial charge on any atom is 0.178 e. The predicted octanol–water partition coefficient (Wildman–Crippen LogP) is 1.98. The molecule has 0 saturated carbocycles. The maximum atomic E-state index is 9.76. The zero-order valence-corrected chi connectivity index (χ0v) is 13.8. The lowest BCUT2D eigenvalue weighted by atomic mass is 9.98. The van der Waals surface area contributed by atoms with Gasteiger partial charge in [0.2, 0.25) is 0 Å². The Bertz CT molecular complexity index is 1050. The van der Waals surface area contributed by atoms with Crippen LogP contribution < -0.4 is 5.73 Å². The van der Waals surface area contributed by atoms with Gasteiger partial charge in [-0.3, -0.25) is 4.68 Å². The van der Waals surface area contributed by atoms with E-state index >= 15 is 0 Å². The van der Waals surface area contributed by atoms with Gasteiger partial charge in [0.05, 0.1) is 23.9 Å². The Morgan fingerprint density at radius 2 is 2.12 bits per heavy atom. The highest BCUT2D eigenvalue weighted by Gasteiger charge is 2.14. The van der Waals surface area contributed by atoms with Gasteiger partial charge in [-0.05, 0) is 22.8 Å². The van der Waals surface area contributed by atoms with Gasteiger partial charge in [-0.15, -0.1) is 0 Å².